The zero-order valence-corrected chi connectivity index (χ0v) is 8.26. The van der Waals surface area contributed by atoms with Gasteiger partial charge < -0.3 is 16.0 Å². The Kier molecular flexibility index (Phi) is 3.27. The van der Waals surface area contributed by atoms with Crippen LogP contribution in [0.2, 0.25) is 0 Å². The maximum Gasteiger partial charge on any atom is 0.195 e. The molecule has 0 aromatic carbocycles. The molecule has 13 heavy (non-hydrogen) atoms. The summed E-state index contributed by atoms with van der Waals surface area (Å²) in [6, 6.07) is 0.136. The molecule has 5 nitrogen and oxygen atoms in total. The van der Waals surface area contributed by atoms with E-state index >= 15 is 0 Å². The standard InChI is InChI=1S/C7H12ClN5/c1-4(10-2)5-6(12-3-11-5)13-7(8)9/h3-4,10H,1-2H3,(H2,9,13)(H,11,12). The highest BCUT2D eigenvalue weighted by atomic mass is 35.5. The smallest absolute Gasteiger partial charge is 0.195 e. The van der Waals surface area contributed by atoms with Gasteiger partial charge in [0.05, 0.1) is 12.0 Å². The Bertz CT molecular complexity index is 302. The molecule has 1 aromatic heterocycles. The van der Waals surface area contributed by atoms with Crippen molar-refractivity contribution in [3.05, 3.63) is 12.0 Å². The minimum atomic E-state index is -0.0170. The SMILES string of the molecule is CNC(C)c1[nH]cnc1N=C(N)Cl. The van der Waals surface area contributed by atoms with Crippen LogP contribution in [0.4, 0.5) is 5.82 Å². The lowest BCUT2D eigenvalue weighted by molar-refractivity contribution is 0.637. The number of nitrogens with two attached hydrogens (primary N) is 1. The summed E-state index contributed by atoms with van der Waals surface area (Å²) in [5.41, 5.74) is 6.10. The van der Waals surface area contributed by atoms with Crippen molar-refractivity contribution in [1.82, 2.24) is 15.3 Å². The summed E-state index contributed by atoms with van der Waals surface area (Å²) < 4.78 is 0. The van der Waals surface area contributed by atoms with Gasteiger partial charge in [0, 0.05) is 6.04 Å². The summed E-state index contributed by atoms with van der Waals surface area (Å²) in [5, 5.41) is 3.04. The Morgan fingerprint density at radius 1 is 1.85 bits per heavy atom. The molecule has 0 bridgehead atoms. The molecular weight excluding hydrogens is 190 g/mol. The summed E-state index contributed by atoms with van der Waals surface area (Å²) in [7, 11) is 1.85. The highest BCUT2D eigenvalue weighted by Gasteiger charge is 2.10. The van der Waals surface area contributed by atoms with Gasteiger partial charge in [0.25, 0.3) is 0 Å². The van der Waals surface area contributed by atoms with E-state index in [1.807, 2.05) is 14.0 Å². The third-order valence-electron chi connectivity index (χ3n) is 1.73. The number of hydrogen-bond acceptors (Lipinski definition) is 3. The molecule has 1 aromatic rings. The predicted octanol–water partition coefficient (Wildman–Crippen LogP) is 0.875. The highest BCUT2D eigenvalue weighted by molar-refractivity contribution is 6.64. The van der Waals surface area contributed by atoms with Gasteiger partial charge in [-0.2, -0.15) is 4.99 Å². The van der Waals surface area contributed by atoms with Crippen molar-refractivity contribution in [1.29, 1.82) is 0 Å². The van der Waals surface area contributed by atoms with Gasteiger partial charge in [0.15, 0.2) is 11.1 Å². The number of aliphatic imine (C=N–C) groups is 1. The summed E-state index contributed by atoms with van der Waals surface area (Å²) >= 11 is 5.44. The summed E-state index contributed by atoms with van der Waals surface area (Å²) in [4.78, 5) is 10.8. The molecule has 0 amide bonds. The van der Waals surface area contributed by atoms with E-state index in [9.17, 15) is 0 Å². The Labute approximate surface area is 81.4 Å². The molecule has 0 aliphatic heterocycles. The van der Waals surface area contributed by atoms with Crippen LogP contribution in [0.1, 0.15) is 18.7 Å². The second kappa shape index (κ2) is 4.25. The van der Waals surface area contributed by atoms with E-state index in [4.69, 9.17) is 17.3 Å². The van der Waals surface area contributed by atoms with Crippen LogP contribution in [0, 0.1) is 0 Å². The molecule has 0 saturated carbocycles. The van der Waals surface area contributed by atoms with Gasteiger partial charge in [-0.05, 0) is 25.6 Å². The van der Waals surface area contributed by atoms with E-state index in [-0.39, 0.29) is 11.3 Å². The lowest BCUT2D eigenvalue weighted by Crippen LogP contribution is -2.13. The van der Waals surface area contributed by atoms with Gasteiger partial charge in [-0.15, -0.1) is 0 Å². The molecule has 4 N–H and O–H groups in total. The molecule has 0 radical (unpaired) electrons. The second-order valence-corrected chi connectivity index (χ2v) is 2.97. The summed E-state index contributed by atoms with van der Waals surface area (Å²) in [6.07, 6.45) is 1.56. The number of halogens is 1. The number of aromatic nitrogens is 2. The first kappa shape index (κ1) is 10.0. The van der Waals surface area contributed by atoms with Crippen LogP contribution in [0.5, 0.6) is 0 Å². The normalized spacial score (nSPS) is 14.5. The number of H-pyrrole nitrogens is 1. The topological polar surface area (TPSA) is 79.1 Å². The minimum absolute atomic E-state index is 0.0170. The maximum atomic E-state index is 5.44. The first-order valence-electron chi connectivity index (χ1n) is 3.85. The average molecular weight is 202 g/mol. The number of amidine groups is 1. The zero-order valence-electron chi connectivity index (χ0n) is 7.50. The van der Waals surface area contributed by atoms with Crippen molar-refractivity contribution in [3.63, 3.8) is 0 Å². The fourth-order valence-electron chi connectivity index (χ4n) is 0.950. The van der Waals surface area contributed by atoms with Crippen LogP contribution in [0.3, 0.4) is 0 Å². The van der Waals surface area contributed by atoms with Crippen molar-refractivity contribution in [3.8, 4) is 0 Å². The van der Waals surface area contributed by atoms with Crippen molar-refractivity contribution in [2.45, 2.75) is 13.0 Å². The van der Waals surface area contributed by atoms with Crippen LogP contribution < -0.4 is 11.1 Å². The summed E-state index contributed by atoms with van der Waals surface area (Å²) in [5.74, 6) is 0.523. The third kappa shape index (κ3) is 2.43. The number of imidazole rings is 1. The molecule has 1 atom stereocenters. The van der Waals surface area contributed by atoms with Crippen LogP contribution >= 0.6 is 11.6 Å². The van der Waals surface area contributed by atoms with Gasteiger partial charge in [0.1, 0.15) is 0 Å². The fourth-order valence-corrected chi connectivity index (χ4v) is 1.03. The lowest BCUT2D eigenvalue weighted by atomic mass is 10.2. The number of nitrogens with zero attached hydrogens (tertiary/aromatic N) is 2. The molecule has 0 aliphatic carbocycles. The minimum Gasteiger partial charge on any atom is -0.374 e. The van der Waals surface area contributed by atoms with E-state index in [0.717, 1.165) is 5.69 Å². The largest absolute Gasteiger partial charge is 0.374 e. The van der Waals surface area contributed by atoms with Crippen molar-refractivity contribution in [2.75, 3.05) is 7.05 Å². The molecular formula is C7H12ClN5. The molecule has 1 rings (SSSR count). The molecule has 0 aliphatic rings. The van der Waals surface area contributed by atoms with Gasteiger partial charge in [-0.1, -0.05) is 0 Å². The fraction of sp³-hybridized carbons (Fsp3) is 0.429. The number of hydrogen-bond donors (Lipinski definition) is 3. The Hall–Kier alpha value is -1.07. The van der Waals surface area contributed by atoms with Gasteiger partial charge >= 0.3 is 0 Å². The first-order valence-corrected chi connectivity index (χ1v) is 4.23. The Morgan fingerprint density at radius 3 is 3.08 bits per heavy atom. The van der Waals surface area contributed by atoms with Crippen molar-refractivity contribution < 1.29 is 0 Å². The lowest BCUT2D eigenvalue weighted by Gasteiger charge is -2.07. The monoisotopic (exact) mass is 201 g/mol. The predicted molar refractivity (Wildman–Crippen MR) is 53.2 cm³/mol. The van der Waals surface area contributed by atoms with E-state index < -0.39 is 0 Å². The second-order valence-electron chi connectivity index (χ2n) is 2.58. The highest BCUT2D eigenvalue weighted by Crippen LogP contribution is 2.20. The van der Waals surface area contributed by atoms with Crippen LogP contribution in [-0.2, 0) is 0 Å². The molecule has 0 fully saturated rings. The van der Waals surface area contributed by atoms with Crippen LogP contribution in [0.25, 0.3) is 0 Å². The van der Waals surface area contributed by atoms with E-state index in [1.165, 1.54) is 0 Å². The molecule has 1 unspecified atom stereocenters. The van der Waals surface area contributed by atoms with E-state index in [0.29, 0.717) is 5.82 Å². The number of rotatable bonds is 3. The van der Waals surface area contributed by atoms with Gasteiger partial charge in [-0.3, -0.25) is 0 Å². The molecule has 6 heteroatoms. The number of nitrogens with one attached hydrogen (secondary N) is 2. The van der Waals surface area contributed by atoms with E-state index in [1.54, 1.807) is 6.33 Å². The molecule has 1 heterocycles. The molecule has 0 spiro atoms. The zero-order chi connectivity index (χ0) is 9.84. The quantitative estimate of drug-likeness (QED) is 0.386. The van der Waals surface area contributed by atoms with Crippen molar-refractivity contribution in [2.24, 2.45) is 10.7 Å². The van der Waals surface area contributed by atoms with Crippen LogP contribution in [-0.4, -0.2) is 22.3 Å². The summed E-state index contributed by atoms with van der Waals surface area (Å²) in [6.45, 7) is 1.98. The molecule has 0 saturated heterocycles. The van der Waals surface area contributed by atoms with Gasteiger partial charge in [-0.25, -0.2) is 4.98 Å². The van der Waals surface area contributed by atoms with Crippen LogP contribution in [0.15, 0.2) is 11.3 Å². The maximum absolute atomic E-state index is 5.44. The average Bonchev–Trinajstić information content (AvgIpc) is 2.50. The molecule has 72 valence electrons. The van der Waals surface area contributed by atoms with Crippen molar-refractivity contribution >= 4 is 22.7 Å². The third-order valence-corrected chi connectivity index (χ3v) is 1.81. The Balaban J connectivity index is 2.96. The van der Waals surface area contributed by atoms with Gasteiger partial charge in [0.2, 0.25) is 0 Å². The first-order chi connectivity index (χ1) is 6.15. The Morgan fingerprint density at radius 2 is 2.54 bits per heavy atom. The number of aromatic amines is 1. The van der Waals surface area contributed by atoms with E-state index in [2.05, 4.69) is 20.3 Å².